The second-order valence-electron chi connectivity index (χ2n) is 8.95. The molecule has 0 radical (unpaired) electrons. The maximum absolute atomic E-state index is 10.7. The zero-order valence-electron chi connectivity index (χ0n) is 16.1. The number of hydrogen-bond acceptors (Lipinski definition) is 3. The fourth-order valence-electron chi connectivity index (χ4n) is 2.59. The van der Waals surface area contributed by atoms with Gasteiger partial charge in [0.15, 0.2) is 0 Å². The Balaban J connectivity index is 3.25. The van der Waals surface area contributed by atoms with Gasteiger partial charge in [-0.2, -0.15) is 0 Å². The number of aliphatic hydroxyl groups is 1. The molecule has 0 heterocycles. The highest BCUT2D eigenvalue weighted by atomic mass is 16.3. The summed E-state index contributed by atoms with van der Waals surface area (Å²) in [6.07, 6.45) is 0. The van der Waals surface area contributed by atoms with Crippen molar-refractivity contribution in [2.75, 3.05) is 6.61 Å². The summed E-state index contributed by atoms with van der Waals surface area (Å²) in [5.74, 6) is 0.716. The second kappa shape index (κ2) is 7.23. The van der Waals surface area contributed by atoms with Crippen molar-refractivity contribution in [3.63, 3.8) is 0 Å². The minimum atomic E-state index is -0.117. The number of phenols is 1. The highest BCUT2D eigenvalue weighted by molar-refractivity contribution is 5.48. The summed E-state index contributed by atoms with van der Waals surface area (Å²) < 4.78 is 0. The maximum atomic E-state index is 10.7. The topological polar surface area (TPSA) is 52.5 Å². The average molecular weight is 322 g/mol. The molecule has 0 saturated heterocycles. The fourth-order valence-corrected chi connectivity index (χ4v) is 2.59. The van der Waals surface area contributed by atoms with Gasteiger partial charge in [0, 0.05) is 18.2 Å². The summed E-state index contributed by atoms with van der Waals surface area (Å²) in [6, 6.07) is 4.25. The van der Waals surface area contributed by atoms with Crippen LogP contribution in [0.1, 0.15) is 72.1 Å². The molecule has 1 aromatic carbocycles. The van der Waals surface area contributed by atoms with E-state index in [0.29, 0.717) is 18.2 Å². The SMILES string of the molecule is CC(C)[C@@H](CO)NCc1cc(C(C)(C)C)cc(C(C)(C)C)c1O. The smallest absolute Gasteiger partial charge is 0.123 e. The van der Waals surface area contributed by atoms with Gasteiger partial charge in [-0.05, 0) is 27.9 Å². The minimum absolute atomic E-state index is 0.0247. The Kier molecular flexibility index (Phi) is 6.28. The first-order valence-electron chi connectivity index (χ1n) is 8.59. The Labute approximate surface area is 142 Å². The number of benzene rings is 1. The van der Waals surface area contributed by atoms with E-state index in [1.54, 1.807) is 0 Å². The van der Waals surface area contributed by atoms with Gasteiger partial charge in [0.25, 0.3) is 0 Å². The molecule has 3 nitrogen and oxygen atoms in total. The van der Waals surface area contributed by atoms with Gasteiger partial charge in [0.05, 0.1) is 6.61 Å². The van der Waals surface area contributed by atoms with Gasteiger partial charge in [0.1, 0.15) is 5.75 Å². The first-order chi connectivity index (χ1) is 10.4. The van der Waals surface area contributed by atoms with Crippen molar-refractivity contribution >= 4 is 0 Å². The minimum Gasteiger partial charge on any atom is -0.507 e. The molecule has 23 heavy (non-hydrogen) atoms. The predicted octanol–water partition coefficient (Wildman–Crippen LogP) is 4.09. The van der Waals surface area contributed by atoms with Crippen LogP contribution in [0, 0.1) is 5.92 Å². The van der Waals surface area contributed by atoms with Crippen LogP contribution in [0.5, 0.6) is 5.75 Å². The molecule has 0 aliphatic rings. The standard InChI is InChI=1S/C20H35NO2/c1-13(2)17(12-22)21-11-14-9-15(19(3,4)5)10-16(18(14)23)20(6,7)8/h9-10,13,17,21-23H,11-12H2,1-8H3/t17-/m1/s1. The van der Waals surface area contributed by atoms with Gasteiger partial charge in [-0.1, -0.05) is 67.5 Å². The largest absolute Gasteiger partial charge is 0.507 e. The van der Waals surface area contributed by atoms with Crippen LogP contribution in [0.4, 0.5) is 0 Å². The number of phenolic OH excluding ortho intramolecular Hbond substituents is 1. The Morgan fingerprint density at radius 3 is 1.96 bits per heavy atom. The zero-order chi connectivity index (χ0) is 18.0. The molecule has 132 valence electrons. The average Bonchev–Trinajstić information content (AvgIpc) is 2.37. The van der Waals surface area contributed by atoms with Gasteiger partial charge in [-0.15, -0.1) is 0 Å². The Morgan fingerprint density at radius 1 is 1.00 bits per heavy atom. The normalized spacial score (nSPS) is 14.3. The molecular weight excluding hydrogens is 286 g/mol. The van der Waals surface area contributed by atoms with Crippen LogP contribution >= 0.6 is 0 Å². The molecule has 0 amide bonds. The summed E-state index contributed by atoms with van der Waals surface area (Å²) >= 11 is 0. The van der Waals surface area contributed by atoms with Gasteiger partial charge in [-0.25, -0.2) is 0 Å². The predicted molar refractivity (Wildman–Crippen MR) is 98.1 cm³/mol. The summed E-state index contributed by atoms with van der Waals surface area (Å²) in [6.45, 7) is 17.8. The van der Waals surface area contributed by atoms with Gasteiger partial charge in [0.2, 0.25) is 0 Å². The van der Waals surface area contributed by atoms with Crippen LogP contribution in [0.3, 0.4) is 0 Å². The van der Waals surface area contributed by atoms with Crippen LogP contribution in [0.2, 0.25) is 0 Å². The zero-order valence-corrected chi connectivity index (χ0v) is 16.1. The van der Waals surface area contributed by atoms with E-state index in [2.05, 4.69) is 72.8 Å². The summed E-state index contributed by atoms with van der Waals surface area (Å²) in [5.41, 5.74) is 3.01. The van der Waals surface area contributed by atoms with Crippen LogP contribution in [-0.2, 0) is 17.4 Å². The summed E-state index contributed by atoms with van der Waals surface area (Å²) in [7, 11) is 0. The lowest BCUT2D eigenvalue weighted by Crippen LogP contribution is -2.36. The molecule has 1 rings (SSSR count). The van der Waals surface area contributed by atoms with Crippen LogP contribution < -0.4 is 5.32 Å². The molecule has 3 N–H and O–H groups in total. The third-order valence-corrected chi connectivity index (χ3v) is 4.42. The van der Waals surface area contributed by atoms with Gasteiger partial charge in [-0.3, -0.25) is 0 Å². The Bertz CT molecular complexity index is 522. The molecule has 3 heteroatoms. The molecular formula is C20H35NO2. The van der Waals surface area contributed by atoms with Crippen molar-refractivity contribution in [2.45, 2.75) is 78.8 Å². The quantitative estimate of drug-likeness (QED) is 0.765. The van der Waals surface area contributed by atoms with E-state index in [9.17, 15) is 10.2 Å². The van der Waals surface area contributed by atoms with E-state index in [0.717, 1.165) is 11.1 Å². The van der Waals surface area contributed by atoms with E-state index >= 15 is 0 Å². The molecule has 0 spiro atoms. The van der Waals surface area contributed by atoms with Crippen LogP contribution in [-0.4, -0.2) is 22.9 Å². The third-order valence-electron chi connectivity index (χ3n) is 4.42. The Hall–Kier alpha value is -1.06. The number of rotatable bonds is 5. The molecule has 0 unspecified atom stereocenters. The monoisotopic (exact) mass is 321 g/mol. The van der Waals surface area contributed by atoms with E-state index in [4.69, 9.17) is 0 Å². The molecule has 0 aliphatic carbocycles. The number of aliphatic hydroxyl groups excluding tert-OH is 1. The fraction of sp³-hybridized carbons (Fsp3) is 0.700. The molecule has 1 atom stereocenters. The molecule has 0 bridgehead atoms. The summed E-state index contributed by atoms with van der Waals surface area (Å²) in [4.78, 5) is 0. The first-order valence-corrected chi connectivity index (χ1v) is 8.59. The Morgan fingerprint density at radius 2 is 1.57 bits per heavy atom. The molecule has 0 aliphatic heterocycles. The molecule has 0 saturated carbocycles. The van der Waals surface area contributed by atoms with Crippen molar-refractivity contribution in [1.82, 2.24) is 5.32 Å². The van der Waals surface area contributed by atoms with Crippen LogP contribution in [0.25, 0.3) is 0 Å². The highest BCUT2D eigenvalue weighted by Crippen LogP contribution is 2.37. The lowest BCUT2D eigenvalue weighted by molar-refractivity contribution is 0.209. The summed E-state index contributed by atoms with van der Waals surface area (Å²) in [5, 5.41) is 23.6. The third kappa shape index (κ3) is 5.22. The second-order valence-corrected chi connectivity index (χ2v) is 8.95. The number of aromatic hydroxyl groups is 1. The van der Waals surface area contributed by atoms with E-state index < -0.39 is 0 Å². The van der Waals surface area contributed by atoms with E-state index in [1.807, 2.05) is 0 Å². The number of hydrogen-bond donors (Lipinski definition) is 3. The first kappa shape index (κ1) is 20.0. The van der Waals surface area contributed by atoms with E-state index in [1.165, 1.54) is 5.56 Å². The highest BCUT2D eigenvalue weighted by Gasteiger charge is 2.25. The van der Waals surface area contributed by atoms with Crippen LogP contribution in [0.15, 0.2) is 12.1 Å². The number of nitrogens with one attached hydrogen (secondary N) is 1. The molecule has 0 aromatic heterocycles. The van der Waals surface area contributed by atoms with Crippen molar-refractivity contribution in [2.24, 2.45) is 5.92 Å². The van der Waals surface area contributed by atoms with Gasteiger partial charge >= 0.3 is 0 Å². The lowest BCUT2D eigenvalue weighted by atomic mass is 9.79. The molecule has 1 aromatic rings. The van der Waals surface area contributed by atoms with Crippen molar-refractivity contribution < 1.29 is 10.2 Å². The lowest BCUT2D eigenvalue weighted by Gasteiger charge is -2.28. The maximum Gasteiger partial charge on any atom is 0.123 e. The van der Waals surface area contributed by atoms with Crippen molar-refractivity contribution in [1.29, 1.82) is 0 Å². The van der Waals surface area contributed by atoms with Gasteiger partial charge < -0.3 is 15.5 Å². The van der Waals surface area contributed by atoms with Crippen molar-refractivity contribution in [3.8, 4) is 5.75 Å². The van der Waals surface area contributed by atoms with Crippen molar-refractivity contribution in [3.05, 3.63) is 28.8 Å². The van der Waals surface area contributed by atoms with E-state index in [-0.39, 0.29) is 23.5 Å². The molecule has 0 fully saturated rings.